The Hall–Kier alpha value is -2.30. The van der Waals surface area contributed by atoms with Crippen molar-refractivity contribution >= 4 is 5.91 Å². The van der Waals surface area contributed by atoms with Crippen molar-refractivity contribution < 1.29 is 14.4 Å². The van der Waals surface area contributed by atoms with Crippen LogP contribution >= 0.6 is 0 Å². The van der Waals surface area contributed by atoms with E-state index >= 15 is 0 Å². The van der Waals surface area contributed by atoms with Gasteiger partial charge in [-0.15, -0.1) is 0 Å². The van der Waals surface area contributed by atoms with Gasteiger partial charge in [0.2, 0.25) is 0 Å². The third-order valence-corrected chi connectivity index (χ3v) is 2.13. The van der Waals surface area contributed by atoms with Crippen LogP contribution in [0.25, 0.3) is 0 Å². The molecule has 0 radical (unpaired) electrons. The molecule has 2 rings (SSSR count). The van der Waals surface area contributed by atoms with Crippen molar-refractivity contribution in [3.63, 3.8) is 0 Å². The van der Waals surface area contributed by atoms with E-state index in [1.165, 1.54) is 6.07 Å². The maximum Gasteiger partial charge on any atom is 0.270 e. The van der Waals surface area contributed by atoms with Crippen molar-refractivity contribution in [2.45, 2.75) is 6.42 Å². The molecule has 0 fully saturated rings. The highest BCUT2D eigenvalue weighted by molar-refractivity contribution is 5.90. The second-order valence-electron chi connectivity index (χ2n) is 3.39. The fraction of sp³-hybridized carbons (Fsp3) is 0.0909. The molecule has 0 saturated carbocycles. The van der Waals surface area contributed by atoms with Crippen molar-refractivity contribution in [1.29, 1.82) is 0 Å². The Morgan fingerprint density at radius 1 is 1.38 bits per heavy atom. The molecule has 1 aromatic heterocycles. The summed E-state index contributed by atoms with van der Waals surface area (Å²) in [5, 5.41) is 12.6. The molecule has 1 aromatic carbocycles. The van der Waals surface area contributed by atoms with Gasteiger partial charge in [0, 0.05) is 12.5 Å². The zero-order valence-corrected chi connectivity index (χ0v) is 8.38. The SMILES string of the molecule is NC(=O)c1cc(Cc2ccc(O)cc2)on1. The standard InChI is InChI=1S/C11H10N2O3/c12-11(15)10-6-9(16-13-10)5-7-1-3-8(14)4-2-7/h1-4,6,14H,5H2,(H2,12,15). The summed E-state index contributed by atoms with van der Waals surface area (Å²) in [5.74, 6) is 0.152. The van der Waals surface area contributed by atoms with Crippen LogP contribution in [0.2, 0.25) is 0 Å². The van der Waals surface area contributed by atoms with Crippen LogP contribution < -0.4 is 5.73 Å². The lowest BCUT2D eigenvalue weighted by Crippen LogP contribution is -2.10. The number of aromatic hydroxyl groups is 1. The number of nitrogens with zero attached hydrogens (tertiary/aromatic N) is 1. The third-order valence-electron chi connectivity index (χ3n) is 2.13. The van der Waals surface area contributed by atoms with Gasteiger partial charge in [0.05, 0.1) is 0 Å². The van der Waals surface area contributed by atoms with E-state index in [1.807, 2.05) is 0 Å². The number of carbonyl (C=O) groups is 1. The lowest BCUT2D eigenvalue weighted by Gasteiger charge is -1.96. The summed E-state index contributed by atoms with van der Waals surface area (Å²) in [7, 11) is 0. The number of phenolic OH excluding ortho intramolecular Hbond substituents is 1. The predicted molar refractivity (Wildman–Crippen MR) is 55.9 cm³/mol. The maximum atomic E-state index is 10.8. The summed E-state index contributed by atoms with van der Waals surface area (Å²) in [6, 6.07) is 8.21. The molecule has 0 bridgehead atoms. The Balaban J connectivity index is 2.14. The lowest BCUT2D eigenvalue weighted by molar-refractivity contribution is 0.0991. The van der Waals surface area contributed by atoms with Gasteiger partial charge in [-0.3, -0.25) is 4.79 Å². The number of rotatable bonds is 3. The normalized spacial score (nSPS) is 10.2. The molecule has 0 atom stereocenters. The summed E-state index contributed by atoms with van der Waals surface area (Å²) in [4.78, 5) is 10.8. The average Bonchev–Trinajstić information content (AvgIpc) is 2.70. The molecule has 0 saturated heterocycles. The molecule has 0 spiro atoms. The van der Waals surface area contributed by atoms with Crippen LogP contribution in [0, 0.1) is 0 Å². The van der Waals surface area contributed by atoms with Gasteiger partial charge < -0.3 is 15.4 Å². The van der Waals surface area contributed by atoms with E-state index in [9.17, 15) is 4.79 Å². The van der Waals surface area contributed by atoms with Crippen LogP contribution in [0.15, 0.2) is 34.9 Å². The highest BCUT2D eigenvalue weighted by Gasteiger charge is 2.09. The highest BCUT2D eigenvalue weighted by atomic mass is 16.5. The molecule has 16 heavy (non-hydrogen) atoms. The number of nitrogens with two attached hydrogens (primary N) is 1. The molecule has 0 unspecified atom stereocenters. The highest BCUT2D eigenvalue weighted by Crippen LogP contribution is 2.14. The Kier molecular flexibility index (Phi) is 2.59. The fourth-order valence-corrected chi connectivity index (χ4v) is 1.33. The largest absolute Gasteiger partial charge is 0.508 e. The van der Waals surface area contributed by atoms with E-state index < -0.39 is 5.91 Å². The maximum absolute atomic E-state index is 10.8. The summed E-state index contributed by atoms with van der Waals surface area (Å²) >= 11 is 0. The first kappa shape index (κ1) is 10.2. The predicted octanol–water partition coefficient (Wildman–Crippen LogP) is 1.07. The van der Waals surface area contributed by atoms with E-state index in [-0.39, 0.29) is 11.4 Å². The van der Waals surface area contributed by atoms with E-state index in [0.29, 0.717) is 12.2 Å². The van der Waals surface area contributed by atoms with Gasteiger partial charge >= 0.3 is 0 Å². The zero-order chi connectivity index (χ0) is 11.5. The molecule has 5 heteroatoms. The van der Waals surface area contributed by atoms with Crippen LogP contribution in [0.4, 0.5) is 0 Å². The first-order chi connectivity index (χ1) is 7.65. The molecular formula is C11H10N2O3. The number of hydrogen-bond donors (Lipinski definition) is 2. The second-order valence-corrected chi connectivity index (χ2v) is 3.39. The van der Waals surface area contributed by atoms with Gasteiger partial charge in [-0.2, -0.15) is 0 Å². The number of phenols is 1. The molecule has 1 heterocycles. The molecule has 3 N–H and O–H groups in total. The average molecular weight is 218 g/mol. The quantitative estimate of drug-likeness (QED) is 0.806. The molecule has 0 aliphatic rings. The monoisotopic (exact) mass is 218 g/mol. The molecule has 82 valence electrons. The second kappa shape index (κ2) is 4.06. The third kappa shape index (κ3) is 2.20. The Morgan fingerprint density at radius 3 is 2.62 bits per heavy atom. The first-order valence-corrected chi connectivity index (χ1v) is 4.68. The summed E-state index contributed by atoms with van der Waals surface area (Å²) < 4.78 is 4.95. The van der Waals surface area contributed by atoms with Gasteiger partial charge in [-0.05, 0) is 17.7 Å². The number of carbonyl (C=O) groups excluding carboxylic acids is 1. The van der Waals surface area contributed by atoms with Gasteiger partial charge in [-0.1, -0.05) is 17.3 Å². The number of aromatic nitrogens is 1. The van der Waals surface area contributed by atoms with Crippen molar-refractivity contribution in [2.75, 3.05) is 0 Å². The minimum absolute atomic E-state index is 0.119. The topological polar surface area (TPSA) is 89.4 Å². The fourth-order valence-electron chi connectivity index (χ4n) is 1.33. The summed E-state index contributed by atoms with van der Waals surface area (Å²) in [6.45, 7) is 0. The van der Waals surface area contributed by atoms with Gasteiger partial charge in [0.15, 0.2) is 5.69 Å². The van der Waals surface area contributed by atoms with Gasteiger partial charge in [-0.25, -0.2) is 0 Å². The van der Waals surface area contributed by atoms with E-state index in [0.717, 1.165) is 5.56 Å². The van der Waals surface area contributed by atoms with Gasteiger partial charge in [0.25, 0.3) is 5.91 Å². The number of benzene rings is 1. The van der Waals surface area contributed by atoms with E-state index in [4.69, 9.17) is 15.4 Å². The molecule has 0 aliphatic heterocycles. The number of amides is 1. The summed E-state index contributed by atoms with van der Waals surface area (Å²) in [6.07, 6.45) is 0.501. The Labute approximate surface area is 91.5 Å². The molecule has 0 aliphatic carbocycles. The van der Waals surface area contributed by atoms with Crippen molar-refractivity contribution in [3.8, 4) is 5.75 Å². The minimum atomic E-state index is -0.610. The Morgan fingerprint density at radius 2 is 2.06 bits per heavy atom. The number of hydrogen-bond acceptors (Lipinski definition) is 4. The minimum Gasteiger partial charge on any atom is -0.508 e. The molecule has 1 amide bonds. The van der Waals surface area contributed by atoms with Gasteiger partial charge in [0.1, 0.15) is 11.5 Å². The smallest absolute Gasteiger partial charge is 0.270 e. The molecule has 2 aromatic rings. The zero-order valence-electron chi connectivity index (χ0n) is 8.38. The Bertz CT molecular complexity index is 502. The van der Waals surface area contributed by atoms with Crippen LogP contribution in [-0.2, 0) is 6.42 Å². The van der Waals surface area contributed by atoms with E-state index in [2.05, 4.69) is 5.16 Å². The van der Waals surface area contributed by atoms with Crippen LogP contribution in [0.5, 0.6) is 5.75 Å². The van der Waals surface area contributed by atoms with Crippen LogP contribution in [0.3, 0.4) is 0 Å². The van der Waals surface area contributed by atoms with Crippen molar-refractivity contribution in [3.05, 3.63) is 47.3 Å². The van der Waals surface area contributed by atoms with Crippen molar-refractivity contribution in [1.82, 2.24) is 5.16 Å². The number of primary amides is 1. The van der Waals surface area contributed by atoms with Crippen LogP contribution in [-0.4, -0.2) is 16.2 Å². The van der Waals surface area contributed by atoms with E-state index in [1.54, 1.807) is 24.3 Å². The first-order valence-electron chi connectivity index (χ1n) is 4.68. The molecular weight excluding hydrogens is 208 g/mol. The van der Waals surface area contributed by atoms with Crippen LogP contribution in [0.1, 0.15) is 21.8 Å². The molecule has 5 nitrogen and oxygen atoms in total. The van der Waals surface area contributed by atoms with Crippen molar-refractivity contribution in [2.24, 2.45) is 5.73 Å². The lowest BCUT2D eigenvalue weighted by atomic mass is 10.1. The summed E-state index contributed by atoms with van der Waals surface area (Å²) in [5.41, 5.74) is 6.11.